The molecule has 4 nitrogen and oxygen atoms in total. The molecule has 32 heavy (non-hydrogen) atoms. The molecule has 0 unspecified atom stereocenters. The largest absolute Gasteiger partial charge is 0.487 e. The smallest absolute Gasteiger partial charge is 0.130 e. The molecule has 0 bridgehead atoms. The molecule has 0 radical (unpaired) electrons. The highest BCUT2D eigenvalue weighted by atomic mass is 19.1. The van der Waals surface area contributed by atoms with Gasteiger partial charge in [0.2, 0.25) is 0 Å². The van der Waals surface area contributed by atoms with Gasteiger partial charge in [-0.3, -0.25) is 0 Å². The molecule has 0 amide bonds. The molecule has 0 atom stereocenters. The van der Waals surface area contributed by atoms with Crippen LogP contribution in [0.5, 0.6) is 11.5 Å². The van der Waals surface area contributed by atoms with Crippen molar-refractivity contribution in [2.75, 3.05) is 26.2 Å². The van der Waals surface area contributed by atoms with Crippen molar-refractivity contribution in [3.05, 3.63) is 65.2 Å². The van der Waals surface area contributed by atoms with Crippen LogP contribution in [0.4, 0.5) is 8.78 Å². The maximum atomic E-state index is 13.1. The standard InChI is InChI=1S/C13H16FNO.C13H14FNO/c2*14-11-1-2-12-10(9-11)3-4-13(16-12)5-7-15-8-6-13/h1-2,9,15H,3-8H2;1-4,9,15H,5-8H2. The van der Waals surface area contributed by atoms with E-state index in [2.05, 4.69) is 16.7 Å². The Morgan fingerprint density at radius 1 is 0.719 bits per heavy atom. The fourth-order valence-corrected chi connectivity index (χ4v) is 5.08. The summed E-state index contributed by atoms with van der Waals surface area (Å²) in [5.74, 6) is 1.30. The third-order valence-electron chi connectivity index (χ3n) is 7.02. The fourth-order valence-electron chi connectivity index (χ4n) is 5.08. The third-order valence-corrected chi connectivity index (χ3v) is 7.02. The molecule has 2 aromatic carbocycles. The lowest BCUT2D eigenvalue weighted by atomic mass is 9.84. The molecule has 4 aliphatic heterocycles. The first-order valence-electron chi connectivity index (χ1n) is 11.6. The van der Waals surface area contributed by atoms with E-state index in [-0.39, 0.29) is 22.8 Å². The average molecular weight is 441 g/mol. The van der Waals surface area contributed by atoms with E-state index in [1.807, 2.05) is 6.08 Å². The van der Waals surface area contributed by atoms with Crippen LogP contribution >= 0.6 is 0 Å². The van der Waals surface area contributed by atoms with Gasteiger partial charge in [0.1, 0.15) is 34.3 Å². The molecular formula is C26H30F2N2O2. The molecule has 0 aromatic heterocycles. The van der Waals surface area contributed by atoms with Crippen molar-refractivity contribution in [2.45, 2.75) is 49.7 Å². The summed E-state index contributed by atoms with van der Waals surface area (Å²) in [7, 11) is 0. The molecule has 4 aliphatic rings. The molecule has 2 saturated heterocycles. The first-order chi connectivity index (χ1) is 15.5. The number of hydrogen-bond donors (Lipinski definition) is 2. The molecule has 2 fully saturated rings. The number of piperidine rings is 2. The van der Waals surface area contributed by atoms with E-state index >= 15 is 0 Å². The monoisotopic (exact) mass is 440 g/mol. The van der Waals surface area contributed by atoms with Gasteiger partial charge < -0.3 is 20.1 Å². The zero-order chi connectivity index (χ0) is 22.0. The van der Waals surface area contributed by atoms with E-state index < -0.39 is 0 Å². The minimum Gasteiger partial charge on any atom is -0.487 e. The first kappa shape index (κ1) is 21.4. The highest BCUT2D eigenvalue weighted by Crippen LogP contribution is 2.38. The van der Waals surface area contributed by atoms with Crippen LogP contribution in [0.2, 0.25) is 0 Å². The lowest BCUT2D eigenvalue weighted by Crippen LogP contribution is -2.48. The Bertz CT molecular complexity index is 995. The predicted molar refractivity (Wildman–Crippen MR) is 121 cm³/mol. The number of ether oxygens (including phenoxy) is 2. The number of hydrogen-bond acceptors (Lipinski definition) is 4. The molecule has 0 aliphatic carbocycles. The second-order valence-corrected chi connectivity index (χ2v) is 9.22. The highest BCUT2D eigenvalue weighted by Gasteiger charge is 2.37. The van der Waals surface area contributed by atoms with E-state index in [9.17, 15) is 8.78 Å². The summed E-state index contributed by atoms with van der Waals surface area (Å²) < 4.78 is 38.2. The van der Waals surface area contributed by atoms with Crippen LogP contribution in [0.3, 0.4) is 0 Å². The zero-order valence-corrected chi connectivity index (χ0v) is 18.3. The molecule has 2 N–H and O–H groups in total. The molecule has 4 heterocycles. The quantitative estimate of drug-likeness (QED) is 0.627. The van der Waals surface area contributed by atoms with Crippen LogP contribution in [0.1, 0.15) is 43.2 Å². The van der Waals surface area contributed by atoms with Crippen LogP contribution < -0.4 is 20.1 Å². The number of benzene rings is 2. The van der Waals surface area contributed by atoms with Gasteiger partial charge in [-0.15, -0.1) is 0 Å². The Kier molecular flexibility index (Phi) is 5.91. The number of halogens is 2. The van der Waals surface area contributed by atoms with Gasteiger partial charge >= 0.3 is 0 Å². The van der Waals surface area contributed by atoms with E-state index in [1.165, 1.54) is 18.2 Å². The van der Waals surface area contributed by atoms with Gasteiger partial charge in [-0.05, 0) is 99.9 Å². The minimum atomic E-state index is -0.215. The molecule has 2 aromatic rings. The fraction of sp³-hybridized carbons (Fsp3) is 0.462. The molecular weight excluding hydrogens is 410 g/mol. The third kappa shape index (κ3) is 4.52. The number of fused-ring (bicyclic) bond motifs is 2. The number of aryl methyl sites for hydroxylation is 1. The summed E-state index contributed by atoms with van der Waals surface area (Å²) in [5.41, 5.74) is 1.69. The summed E-state index contributed by atoms with van der Waals surface area (Å²) in [6.07, 6.45) is 10.1. The van der Waals surface area contributed by atoms with Crippen molar-refractivity contribution in [2.24, 2.45) is 0 Å². The minimum absolute atomic E-state index is 0.01000. The Morgan fingerprint density at radius 3 is 2.12 bits per heavy atom. The Hall–Kier alpha value is -2.44. The lowest BCUT2D eigenvalue weighted by molar-refractivity contribution is 0.0168. The van der Waals surface area contributed by atoms with Crippen molar-refractivity contribution < 1.29 is 18.3 Å². The summed E-state index contributed by atoms with van der Waals surface area (Å²) >= 11 is 0. The predicted octanol–water partition coefficient (Wildman–Crippen LogP) is 4.63. The van der Waals surface area contributed by atoms with E-state index in [1.54, 1.807) is 18.2 Å². The Balaban J connectivity index is 0.000000135. The van der Waals surface area contributed by atoms with Gasteiger partial charge in [0, 0.05) is 18.4 Å². The summed E-state index contributed by atoms with van der Waals surface area (Å²) in [4.78, 5) is 0. The molecule has 2 spiro atoms. The molecule has 6 rings (SSSR count). The number of rotatable bonds is 0. The van der Waals surface area contributed by atoms with Gasteiger partial charge in [0.15, 0.2) is 0 Å². The van der Waals surface area contributed by atoms with Crippen molar-refractivity contribution >= 4 is 6.08 Å². The second kappa shape index (κ2) is 8.83. The van der Waals surface area contributed by atoms with Crippen molar-refractivity contribution in [3.63, 3.8) is 0 Å². The van der Waals surface area contributed by atoms with E-state index in [0.29, 0.717) is 0 Å². The number of nitrogens with one attached hydrogen (secondary N) is 2. The normalized spacial score (nSPS) is 22.1. The SMILES string of the molecule is Fc1ccc2c(c1)C=CC1(CCNCC1)O2.Fc1ccc2c(c1)CCC1(CCNCC1)O2. The summed E-state index contributed by atoms with van der Waals surface area (Å²) in [6, 6.07) is 9.54. The lowest BCUT2D eigenvalue weighted by Gasteiger charge is -2.41. The van der Waals surface area contributed by atoms with Gasteiger partial charge in [0.25, 0.3) is 0 Å². The molecule has 170 valence electrons. The topological polar surface area (TPSA) is 42.5 Å². The van der Waals surface area contributed by atoms with Crippen molar-refractivity contribution in [1.82, 2.24) is 10.6 Å². The van der Waals surface area contributed by atoms with Gasteiger partial charge in [-0.2, -0.15) is 0 Å². The maximum absolute atomic E-state index is 13.1. The van der Waals surface area contributed by atoms with Crippen LogP contribution in [0, 0.1) is 11.6 Å². The highest BCUT2D eigenvalue weighted by molar-refractivity contribution is 5.61. The zero-order valence-electron chi connectivity index (χ0n) is 18.3. The van der Waals surface area contributed by atoms with Crippen molar-refractivity contribution in [3.8, 4) is 11.5 Å². The molecule has 0 saturated carbocycles. The van der Waals surface area contributed by atoms with Crippen LogP contribution in [0.15, 0.2) is 42.5 Å². The average Bonchev–Trinajstić information content (AvgIpc) is 2.81. The first-order valence-corrected chi connectivity index (χ1v) is 11.6. The Morgan fingerprint density at radius 2 is 1.38 bits per heavy atom. The van der Waals surface area contributed by atoms with Crippen LogP contribution in [-0.4, -0.2) is 37.4 Å². The van der Waals surface area contributed by atoms with Gasteiger partial charge in [-0.1, -0.05) is 6.08 Å². The second-order valence-electron chi connectivity index (χ2n) is 9.22. The molecule has 6 heteroatoms. The van der Waals surface area contributed by atoms with E-state index in [4.69, 9.17) is 9.47 Å². The van der Waals surface area contributed by atoms with Crippen LogP contribution in [0.25, 0.3) is 6.08 Å². The maximum Gasteiger partial charge on any atom is 0.130 e. The van der Waals surface area contributed by atoms with Crippen molar-refractivity contribution in [1.29, 1.82) is 0 Å². The van der Waals surface area contributed by atoms with Crippen LogP contribution in [-0.2, 0) is 6.42 Å². The summed E-state index contributed by atoms with van der Waals surface area (Å²) in [5, 5.41) is 6.66. The van der Waals surface area contributed by atoms with E-state index in [0.717, 1.165) is 87.3 Å². The van der Waals surface area contributed by atoms with Gasteiger partial charge in [-0.25, -0.2) is 8.78 Å². The Labute approximate surface area is 188 Å². The summed E-state index contributed by atoms with van der Waals surface area (Å²) in [6.45, 7) is 3.99. The van der Waals surface area contributed by atoms with Gasteiger partial charge in [0.05, 0.1) is 0 Å².